The second-order valence-corrected chi connectivity index (χ2v) is 7.73. The molecule has 0 spiro atoms. The van der Waals surface area contributed by atoms with E-state index in [1.165, 1.54) is 0 Å². The maximum absolute atomic E-state index is 13.7. The molecule has 2 aliphatic rings. The number of alkyl halides is 2. The van der Waals surface area contributed by atoms with E-state index < -0.39 is 29.8 Å². The molecule has 2 N–H and O–H groups in total. The highest BCUT2D eigenvalue weighted by Crippen LogP contribution is 2.62. The predicted molar refractivity (Wildman–Crippen MR) is 102 cm³/mol. The van der Waals surface area contributed by atoms with E-state index in [1.807, 2.05) is 48.5 Å². The van der Waals surface area contributed by atoms with Crippen LogP contribution in [0.1, 0.15) is 36.3 Å². The van der Waals surface area contributed by atoms with Crippen LogP contribution in [0.2, 0.25) is 0 Å². The summed E-state index contributed by atoms with van der Waals surface area (Å²) in [6, 6.07) is 15.8. The van der Waals surface area contributed by atoms with Gasteiger partial charge in [0.1, 0.15) is 6.61 Å². The summed E-state index contributed by atoms with van der Waals surface area (Å²) in [5.41, 5.74) is 2.84. The summed E-state index contributed by atoms with van der Waals surface area (Å²) in [4.78, 5) is 22.9. The van der Waals surface area contributed by atoms with Crippen molar-refractivity contribution in [2.24, 2.45) is 5.41 Å². The number of hydrogen-bond acceptors (Lipinski definition) is 3. The summed E-state index contributed by atoms with van der Waals surface area (Å²) in [6.45, 7) is -0.206. The molecule has 1 atom stereocenters. The Kier molecular flexibility index (Phi) is 4.76. The minimum absolute atomic E-state index is 0.0956. The van der Waals surface area contributed by atoms with Gasteiger partial charge in [0, 0.05) is 25.3 Å². The van der Waals surface area contributed by atoms with Crippen molar-refractivity contribution in [3.63, 3.8) is 0 Å². The van der Waals surface area contributed by atoms with E-state index in [0.717, 1.165) is 22.3 Å². The number of carbonyl (C=O) groups excluding carboxylic acids is 1. The molecular formula is C22H21F2NO4. The van der Waals surface area contributed by atoms with E-state index in [4.69, 9.17) is 9.84 Å². The highest BCUT2D eigenvalue weighted by atomic mass is 19.3. The molecule has 2 aromatic rings. The van der Waals surface area contributed by atoms with Crippen LogP contribution in [0.4, 0.5) is 13.6 Å². The van der Waals surface area contributed by atoms with Crippen LogP contribution in [0.3, 0.4) is 0 Å². The predicted octanol–water partition coefficient (Wildman–Crippen LogP) is 4.42. The van der Waals surface area contributed by atoms with Crippen molar-refractivity contribution in [2.75, 3.05) is 13.2 Å². The minimum Gasteiger partial charge on any atom is -0.481 e. The molecule has 0 heterocycles. The Labute approximate surface area is 166 Å². The normalized spacial score (nSPS) is 21.2. The number of carbonyl (C=O) groups is 2. The summed E-state index contributed by atoms with van der Waals surface area (Å²) >= 11 is 0. The number of amides is 1. The molecule has 1 saturated carbocycles. The molecule has 0 radical (unpaired) electrons. The number of nitrogens with one attached hydrogen (secondary N) is 1. The molecular weight excluding hydrogens is 380 g/mol. The molecule has 0 aliphatic heterocycles. The first-order valence-electron chi connectivity index (χ1n) is 9.51. The van der Waals surface area contributed by atoms with Crippen molar-refractivity contribution in [2.45, 2.75) is 31.1 Å². The number of halogens is 2. The van der Waals surface area contributed by atoms with Gasteiger partial charge in [-0.3, -0.25) is 4.79 Å². The molecule has 2 aliphatic carbocycles. The maximum Gasteiger partial charge on any atom is 0.407 e. The molecule has 5 nitrogen and oxygen atoms in total. The van der Waals surface area contributed by atoms with Crippen LogP contribution in [0.5, 0.6) is 0 Å². The van der Waals surface area contributed by atoms with Crippen LogP contribution in [0.15, 0.2) is 48.5 Å². The monoisotopic (exact) mass is 401 g/mol. The van der Waals surface area contributed by atoms with Gasteiger partial charge in [-0.2, -0.15) is 0 Å². The lowest BCUT2D eigenvalue weighted by atomic mass is 9.98. The summed E-state index contributed by atoms with van der Waals surface area (Å²) in [6.07, 6.45) is -1.73. The van der Waals surface area contributed by atoms with Gasteiger partial charge in [-0.15, -0.1) is 0 Å². The van der Waals surface area contributed by atoms with Crippen LogP contribution in [-0.2, 0) is 9.53 Å². The van der Waals surface area contributed by atoms with Gasteiger partial charge in [-0.25, -0.2) is 13.6 Å². The second kappa shape index (κ2) is 7.13. The van der Waals surface area contributed by atoms with Crippen molar-refractivity contribution in [1.29, 1.82) is 0 Å². The summed E-state index contributed by atoms with van der Waals surface area (Å²) in [5, 5.41) is 11.2. The molecule has 0 aromatic heterocycles. The molecule has 0 bridgehead atoms. The number of carboxylic acid groups (broad SMARTS) is 1. The lowest BCUT2D eigenvalue weighted by molar-refractivity contribution is -0.137. The third kappa shape index (κ3) is 3.57. The fourth-order valence-corrected chi connectivity index (χ4v) is 4.17. The maximum atomic E-state index is 13.7. The molecule has 2 aromatic carbocycles. The van der Waals surface area contributed by atoms with Crippen molar-refractivity contribution < 1.29 is 28.2 Å². The van der Waals surface area contributed by atoms with Crippen molar-refractivity contribution >= 4 is 12.1 Å². The molecule has 0 saturated heterocycles. The second-order valence-electron chi connectivity index (χ2n) is 7.73. The SMILES string of the molecule is O=C(O)CCC1(CNC(=O)OCC2c3ccccc3-c3ccccc32)CC1(F)F. The number of aliphatic carboxylic acids is 1. The first-order chi connectivity index (χ1) is 13.8. The van der Waals surface area contributed by atoms with Gasteiger partial charge in [0.15, 0.2) is 0 Å². The standard InChI is InChI=1S/C22H21F2NO4/c23-22(24)12-21(22,10-9-19(26)27)13-25-20(28)29-11-18-16-7-3-1-5-14(16)15-6-2-4-8-17(15)18/h1-8,18H,9-13H2,(H,25,28)(H,26,27). The van der Waals surface area contributed by atoms with Gasteiger partial charge in [0.25, 0.3) is 5.92 Å². The van der Waals surface area contributed by atoms with Gasteiger partial charge in [0.2, 0.25) is 0 Å². The Morgan fingerprint density at radius 2 is 1.62 bits per heavy atom. The average molecular weight is 401 g/mol. The van der Waals surface area contributed by atoms with Crippen molar-refractivity contribution in [1.82, 2.24) is 5.32 Å². The van der Waals surface area contributed by atoms with E-state index in [2.05, 4.69) is 5.32 Å². The number of benzene rings is 2. The summed E-state index contributed by atoms with van der Waals surface area (Å²) < 4.78 is 32.8. The van der Waals surface area contributed by atoms with Crippen LogP contribution < -0.4 is 5.32 Å². The largest absolute Gasteiger partial charge is 0.481 e. The van der Waals surface area contributed by atoms with Crippen molar-refractivity contribution in [3.8, 4) is 11.1 Å². The summed E-state index contributed by atoms with van der Waals surface area (Å²) in [5.74, 6) is -4.20. The first kappa shape index (κ1) is 19.4. The zero-order valence-electron chi connectivity index (χ0n) is 15.7. The van der Waals surface area contributed by atoms with E-state index >= 15 is 0 Å². The minimum atomic E-state index is -2.96. The average Bonchev–Trinajstić information content (AvgIpc) is 3.10. The molecule has 1 unspecified atom stereocenters. The van der Waals surface area contributed by atoms with Crippen molar-refractivity contribution in [3.05, 3.63) is 59.7 Å². The Balaban J connectivity index is 1.37. The lowest BCUT2D eigenvalue weighted by Gasteiger charge is -2.18. The Morgan fingerprint density at radius 3 is 2.14 bits per heavy atom. The molecule has 1 amide bonds. The van der Waals surface area contributed by atoms with E-state index in [0.29, 0.717) is 0 Å². The van der Waals surface area contributed by atoms with E-state index in [1.54, 1.807) is 0 Å². The number of hydrogen-bond donors (Lipinski definition) is 2. The highest BCUT2D eigenvalue weighted by Gasteiger charge is 2.70. The van der Waals surface area contributed by atoms with Crippen LogP contribution in [0, 0.1) is 5.41 Å². The number of alkyl carbamates (subject to hydrolysis) is 1. The van der Waals surface area contributed by atoms with Gasteiger partial charge in [-0.1, -0.05) is 48.5 Å². The fraction of sp³-hybridized carbons (Fsp3) is 0.364. The van der Waals surface area contributed by atoms with Gasteiger partial charge < -0.3 is 15.2 Å². The third-order valence-corrected chi connectivity index (χ3v) is 5.94. The smallest absolute Gasteiger partial charge is 0.407 e. The van der Waals surface area contributed by atoms with Gasteiger partial charge in [-0.05, 0) is 28.7 Å². The third-order valence-electron chi connectivity index (χ3n) is 5.94. The quantitative estimate of drug-likeness (QED) is 0.720. The number of fused-ring (bicyclic) bond motifs is 3. The lowest BCUT2D eigenvalue weighted by Crippen LogP contribution is -2.34. The molecule has 1 fully saturated rings. The Bertz CT molecular complexity index is 916. The zero-order chi connectivity index (χ0) is 20.6. The molecule has 152 valence electrons. The molecule has 29 heavy (non-hydrogen) atoms. The number of carboxylic acids is 1. The van der Waals surface area contributed by atoms with E-state index in [-0.39, 0.29) is 31.9 Å². The highest BCUT2D eigenvalue weighted by molar-refractivity contribution is 5.79. The Hall–Kier alpha value is -2.96. The van der Waals surface area contributed by atoms with Crippen LogP contribution in [-0.4, -0.2) is 36.2 Å². The van der Waals surface area contributed by atoms with Crippen LogP contribution in [0.25, 0.3) is 11.1 Å². The molecule has 7 heteroatoms. The first-order valence-corrected chi connectivity index (χ1v) is 9.51. The molecule has 4 rings (SSSR count). The van der Waals surface area contributed by atoms with Crippen LogP contribution >= 0.6 is 0 Å². The van der Waals surface area contributed by atoms with Gasteiger partial charge >= 0.3 is 12.1 Å². The topological polar surface area (TPSA) is 75.6 Å². The fourth-order valence-electron chi connectivity index (χ4n) is 4.17. The van der Waals surface area contributed by atoms with Gasteiger partial charge in [0.05, 0.1) is 5.41 Å². The summed E-state index contributed by atoms with van der Waals surface area (Å²) in [7, 11) is 0. The van der Waals surface area contributed by atoms with E-state index in [9.17, 15) is 18.4 Å². The zero-order valence-corrected chi connectivity index (χ0v) is 15.7. The number of ether oxygens (including phenoxy) is 1. The number of rotatable bonds is 7. The Morgan fingerprint density at radius 1 is 1.07 bits per heavy atom.